The maximum Gasteiger partial charge on any atom is 0.0372 e. The molecule has 2 aliphatic rings. The summed E-state index contributed by atoms with van der Waals surface area (Å²) in [4.78, 5) is 0. The number of hydrogen-bond donors (Lipinski definition) is 0. The predicted molar refractivity (Wildman–Crippen MR) is 111 cm³/mol. The van der Waals surface area contributed by atoms with E-state index in [1.54, 1.807) is 10.1 Å². The van der Waals surface area contributed by atoms with Crippen LogP contribution in [0.15, 0.2) is 24.3 Å². The Labute approximate surface area is 147 Å². The van der Waals surface area contributed by atoms with Crippen molar-refractivity contribution in [1.82, 2.24) is 0 Å². The summed E-state index contributed by atoms with van der Waals surface area (Å²) >= 11 is 2.16. The second-order valence-corrected chi connectivity index (χ2v) is 15.0. The van der Waals surface area contributed by atoms with Crippen molar-refractivity contribution in [3.05, 3.63) is 24.3 Å². The van der Waals surface area contributed by atoms with Gasteiger partial charge >= 0.3 is 0 Å². The monoisotopic (exact) mass is 362 g/mol. The fourth-order valence-electron chi connectivity index (χ4n) is 4.67. The van der Waals surface area contributed by atoms with E-state index in [2.05, 4.69) is 63.3 Å². The molecule has 0 bridgehead atoms. The van der Waals surface area contributed by atoms with Gasteiger partial charge in [-0.1, -0.05) is 61.7 Å². The van der Waals surface area contributed by atoms with Gasteiger partial charge in [0, 0.05) is 20.0 Å². The van der Waals surface area contributed by atoms with Crippen LogP contribution in [0, 0.1) is 0 Å². The quantitative estimate of drug-likeness (QED) is 0.553. The molecule has 0 aliphatic carbocycles. The van der Waals surface area contributed by atoms with E-state index < -0.39 is 0 Å². The zero-order chi connectivity index (χ0) is 16.1. The van der Waals surface area contributed by atoms with E-state index >= 15 is 0 Å². The highest BCUT2D eigenvalue weighted by molar-refractivity contribution is 7.79. The highest BCUT2D eigenvalue weighted by Crippen LogP contribution is 2.61. The number of rotatable bonds is 2. The lowest BCUT2D eigenvalue weighted by Gasteiger charge is -2.27. The summed E-state index contributed by atoms with van der Waals surface area (Å²) in [5.41, 5.74) is 3.69. The molecule has 3 heterocycles. The van der Waals surface area contributed by atoms with Gasteiger partial charge in [0.05, 0.1) is 0 Å². The molecule has 4 unspecified atom stereocenters. The summed E-state index contributed by atoms with van der Waals surface area (Å²) in [7, 11) is 0.0764. The van der Waals surface area contributed by atoms with Gasteiger partial charge < -0.3 is 0 Å². The molecule has 0 N–H and O–H groups in total. The molecule has 124 valence electrons. The van der Waals surface area contributed by atoms with Gasteiger partial charge in [0.25, 0.3) is 0 Å². The SMILES string of the molecule is CC1CC[C@@H](C)P1c1sc2ccccc2c1P1C(C)CC[C@H]1C. The highest BCUT2D eigenvalue weighted by Gasteiger charge is 2.39. The largest absolute Gasteiger partial charge is 0.135 e. The molecular formula is C20H28P2S. The van der Waals surface area contributed by atoms with E-state index in [0.717, 1.165) is 22.6 Å². The number of fused-ring (bicyclic) bond motifs is 1. The average Bonchev–Trinajstić information content (AvgIpc) is 3.16. The van der Waals surface area contributed by atoms with Crippen LogP contribution in [-0.4, -0.2) is 22.6 Å². The number of thiophene rings is 1. The van der Waals surface area contributed by atoms with Crippen LogP contribution >= 0.6 is 27.2 Å². The lowest BCUT2D eigenvalue weighted by molar-refractivity contribution is 0.777. The van der Waals surface area contributed by atoms with Crippen molar-refractivity contribution in [2.75, 3.05) is 0 Å². The zero-order valence-corrected chi connectivity index (χ0v) is 17.4. The Kier molecular flexibility index (Phi) is 4.59. The van der Waals surface area contributed by atoms with Gasteiger partial charge in [-0.25, -0.2) is 0 Å². The molecule has 0 radical (unpaired) electrons. The molecule has 3 heteroatoms. The first-order valence-electron chi connectivity index (χ1n) is 9.16. The molecule has 4 rings (SSSR count). The summed E-state index contributed by atoms with van der Waals surface area (Å²) < 4.78 is 3.41. The van der Waals surface area contributed by atoms with Gasteiger partial charge in [0.15, 0.2) is 0 Å². The third-order valence-electron chi connectivity index (χ3n) is 5.95. The van der Waals surface area contributed by atoms with Crippen molar-refractivity contribution >= 4 is 47.2 Å². The van der Waals surface area contributed by atoms with E-state index in [-0.39, 0.29) is 15.8 Å². The molecule has 23 heavy (non-hydrogen) atoms. The number of hydrogen-bond acceptors (Lipinski definition) is 1. The predicted octanol–water partition coefficient (Wildman–Crippen LogP) is 6.26. The lowest BCUT2D eigenvalue weighted by Crippen LogP contribution is -2.25. The smallest absolute Gasteiger partial charge is 0.0372 e. The fourth-order valence-corrected chi connectivity index (χ4v) is 14.7. The Morgan fingerprint density at radius 1 is 0.783 bits per heavy atom. The van der Waals surface area contributed by atoms with Crippen LogP contribution in [0.3, 0.4) is 0 Å². The Hall–Kier alpha value is 0.0400. The minimum absolute atomic E-state index is 0.0262. The normalized spacial score (nSPS) is 37.7. The highest BCUT2D eigenvalue weighted by atomic mass is 32.1. The van der Waals surface area contributed by atoms with Crippen LogP contribution < -0.4 is 9.92 Å². The van der Waals surface area contributed by atoms with Crippen molar-refractivity contribution in [2.24, 2.45) is 0 Å². The van der Waals surface area contributed by atoms with Gasteiger partial charge in [-0.2, -0.15) is 0 Å². The minimum atomic E-state index is 0.0262. The average molecular weight is 362 g/mol. The van der Waals surface area contributed by atoms with Gasteiger partial charge in [0.2, 0.25) is 0 Å². The molecular weight excluding hydrogens is 334 g/mol. The first-order chi connectivity index (χ1) is 11.1. The van der Waals surface area contributed by atoms with E-state index in [1.807, 2.05) is 9.92 Å². The van der Waals surface area contributed by atoms with Crippen molar-refractivity contribution in [1.29, 1.82) is 0 Å². The first kappa shape index (κ1) is 16.5. The van der Waals surface area contributed by atoms with Crippen molar-refractivity contribution in [3.63, 3.8) is 0 Å². The van der Waals surface area contributed by atoms with Crippen molar-refractivity contribution < 1.29 is 0 Å². The standard InChI is InChI=1S/C20H28P2S/c1-13-9-10-14(2)21(13)19-17-7-5-6-8-18(17)23-20(19)22-15(3)11-12-16(22)4/h5-8,13-16H,9-12H2,1-4H3/t13-,14?,15-,16?,21?,22?/m1/s1. The van der Waals surface area contributed by atoms with Gasteiger partial charge in [-0.3, -0.25) is 0 Å². The Balaban J connectivity index is 1.92. The van der Waals surface area contributed by atoms with Crippen LogP contribution in [0.1, 0.15) is 53.4 Å². The Morgan fingerprint density at radius 2 is 1.30 bits per heavy atom. The maximum absolute atomic E-state index is 2.53. The third-order valence-corrected chi connectivity index (χ3v) is 14.7. The summed E-state index contributed by atoms with van der Waals surface area (Å²) in [6.07, 6.45) is 5.78. The van der Waals surface area contributed by atoms with Crippen LogP contribution in [0.5, 0.6) is 0 Å². The molecule has 0 saturated carbocycles. The second-order valence-electron chi connectivity index (χ2n) is 7.62. The van der Waals surface area contributed by atoms with E-state index in [4.69, 9.17) is 0 Å². The van der Waals surface area contributed by atoms with Crippen molar-refractivity contribution in [2.45, 2.75) is 76.0 Å². The molecule has 2 aromatic rings. The maximum atomic E-state index is 2.53. The summed E-state index contributed by atoms with van der Waals surface area (Å²) in [5, 5.41) is 3.47. The zero-order valence-electron chi connectivity index (χ0n) is 14.7. The van der Waals surface area contributed by atoms with Gasteiger partial charge in [0.1, 0.15) is 0 Å². The molecule has 2 fully saturated rings. The van der Waals surface area contributed by atoms with Crippen molar-refractivity contribution in [3.8, 4) is 0 Å². The summed E-state index contributed by atoms with van der Waals surface area (Å²) in [5.74, 6) is 0. The summed E-state index contributed by atoms with van der Waals surface area (Å²) in [6, 6.07) is 9.29. The molecule has 0 spiro atoms. The molecule has 1 aromatic carbocycles. The first-order valence-corrected chi connectivity index (χ1v) is 12.9. The number of benzene rings is 1. The van der Waals surface area contributed by atoms with E-state index in [1.165, 1.54) is 25.7 Å². The molecule has 0 amide bonds. The topological polar surface area (TPSA) is 0 Å². The molecule has 2 saturated heterocycles. The van der Waals surface area contributed by atoms with Crippen LogP contribution in [0.25, 0.3) is 10.1 Å². The minimum Gasteiger partial charge on any atom is -0.135 e. The Morgan fingerprint density at radius 3 is 1.91 bits per heavy atom. The van der Waals surface area contributed by atoms with Gasteiger partial charge in [-0.15, -0.1) is 11.3 Å². The Bertz CT molecular complexity index is 687. The van der Waals surface area contributed by atoms with Crippen LogP contribution in [-0.2, 0) is 0 Å². The van der Waals surface area contributed by atoms with Crippen LogP contribution in [0.2, 0.25) is 0 Å². The lowest BCUT2D eigenvalue weighted by atomic mass is 10.2. The second kappa shape index (κ2) is 6.40. The third kappa shape index (κ3) is 2.72. The van der Waals surface area contributed by atoms with Crippen LogP contribution in [0.4, 0.5) is 0 Å². The molecule has 2 aliphatic heterocycles. The molecule has 0 nitrogen and oxygen atoms in total. The fraction of sp³-hybridized carbons (Fsp3) is 0.600. The van der Waals surface area contributed by atoms with Gasteiger partial charge in [-0.05, 0) is 54.4 Å². The van der Waals surface area contributed by atoms with E-state index in [9.17, 15) is 0 Å². The molecule has 1 aromatic heterocycles. The van der Waals surface area contributed by atoms with E-state index in [0.29, 0.717) is 0 Å². The summed E-state index contributed by atoms with van der Waals surface area (Å²) in [6.45, 7) is 10.1. The molecule has 6 atom stereocenters.